The summed E-state index contributed by atoms with van der Waals surface area (Å²) in [7, 11) is 0. The minimum atomic E-state index is -1.36. The van der Waals surface area contributed by atoms with Crippen LogP contribution >= 0.6 is 0 Å². The summed E-state index contributed by atoms with van der Waals surface area (Å²) in [6.07, 6.45) is -1.19. The van der Waals surface area contributed by atoms with Gasteiger partial charge in [0, 0.05) is 6.54 Å². The second-order valence-corrected chi connectivity index (χ2v) is 2.91. The molecule has 0 aliphatic heterocycles. The summed E-state index contributed by atoms with van der Waals surface area (Å²) in [5, 5.41) is 19.7. The van der Waals surface area contributed by atoms with Gasteiger partial charge in [-0.15, -0.1) is 0 Å². The zero-order chi connectivity index (χ0) is 11.3. The van der Waals surface area contributed by atoms with Gasteiger partial charge in [0.15, 0.2) is 6.04 Å². The van der Waals surface area contributed by atoms with Crippen LogP contribution in [0, 0.1) is 0 Å². The number of aliphatic hydroxyl groups excluding tert-OH is 1. The third-order valence-electron chi connectivity index (χ3n) is 1.64. The highest BCUT2D eigenvalue weighted by atomic mass is 16.4. The number of amides is 1. The Kier molecular flexibility index (Phi) is 5.06. The van der Waals surface area contributed by atoms with Crippen molar-refractivity contribution in [3.63, 3.8) is 0 Å². The first-order valence-electron chi connectivity index (χ1n) is 4.07. The number of hydrogen-bond donors (Lipinski definition) is 5. The van der Waals surface area contributed by atoms with E-state index in [9.17, 15) is 9.59 Å². The quantitative estimate of drug-likeness (QED) is 0.329. The summed E-state index contributed by atoms with van der Waals surface area (Å²) in [6, 6.07) is -2.32. The molecule has 0 radical (unpaired) electrons. The molecule has 0 aromatic carbocycles. The molecule has 3 atom stereocenters. The lowest BCUT2D eigenvalue weighted by atomic mass is 10.1. The number of rotatable bonds is 5. The molecule has 82 valence electrons. The number of carboxylic acid groups (broad SMARTS) is 1. The third kappa shape index (κ3) is 3.69. The molecule has 0 aromatic rings. The van der Waals surface area contributed by atoms with E-state index in [0.29, 0.717) is 0 Å². The van der Waals surface area contributed by atoms with Crippen LogP contribution in [0.25, 0.3) is 0 Å². The molecule has 0 saturated carbocycles. The Balaban J connectivity index is 4.31. The Morgan fingerprint density at radius 2 is 2.00 bits per heavy atom. The second kappa shape index (κ2) is 5.53. The molecule has 0 rings (SSSR count). The third-order valence-corrected chi connectivity index (χ3v) is 1.64. The fraction of sp³-hybridized carbons (Fsp3) is 0.714. The van der Waals surface area contributed by atoms with Crippen LogP contribution in [-0.2, 0) is 9.59 Å². The standard InChI is InChI=1S/C7H15N3O4/c1-3(11)5(7(13)14)10-6(12)4(9)2-8/h3-5,11H,2,8-9H2,1H3,(H,10,12)(H,13,14)/t3-,4+,5+/m1/s1. The Bertz CT molecular complexity index is 219. The van der Waals surface area contributed by atoms with Crippen molar-refractivity contribution in [2.75, 3.05) is 6.54 Å². The van der Waals surface area contributed by atoms with Gasteiger partial charge in [0.1, 0.15) is 0 Å². The first-order chi connectivity index (χ1) is 6.40. The molecule has 0 bridgehead atoms. The average molecular weight is 205 g/mol. The largest absolute Gasteiger partial charge is 0.480 e. The van der Waals surface area contributed by atoms with Crippen LogP contribution < -0.4 is 16.8 Å². The summed E-state index contributed by atoms with van der Waals surface area (Å²) in [4.78, 5) is 21.6. The van der Waals surface area contributed by atoms with Crippen molar-refractivity contribution in [2.24, 2.45) is 11.5 Å². The normalized spacial score (nSPS) is 16.9. The number of aliphatic hydroxyl groups is 1. The van der Waals surface area contributed by atoms with Gasteiger partial charge in [-0.2, -0.15) is 0 Å². The molecular formula is C7H15N3O4. The molecule has 0 aliphatic carbocycles. The Labute approximate surface area is 81.1 Å². The molecule has 7 N–H and O–H groups in total. The zero-order valence-electron chi connectivity index (χ0n) is 7.80. The number of carbonyl (C=O) groups is 2. The fourth-order valence-electron chi connectivity index (χ4n) is 0.756. The van der Waals surface area contributed by atoms with Gasteiger partial charge in [0.25, 0.3) is 0 Å². The van der Waals surface area contributed by atoms with Crippen LogP contribution in [0.1, 0.15) is 6.92 Å². The molecule has 0 unspecified atom stereocenters. The van der Waals surface area contributed by atoms with Crippen molar-refractivity contribution in [1.29, 1.82) is 0 Å². The summed E-state index contributed by atoms with van der Waals surface area (Å²) in [6.45, 7) is 1.17. The first-order valence-corrected chi connectivity index (χ1v) is 4.07. The predicted molar refractivity (Wildman–Crippen MR) is 48.3 cm³/mol. The zero-order valence-corrected chi connectivity index (χ0v) is 7.80. The van der Waals surface area contributed by atoms with E-state index in [0.717, 1.165) is 0 Å². The van der Waals surface area contributed by atoms with Crippen LogP contribution in [0.4, 0.5) is 0 Å². The van der Waals surface area contributed by atoms with E-state index in [4.69, 9.17) is 21.7 Å². The van der Waals surface area contributed by atoms with Crippen molar-refractivity contribution in [3.8, 4) is 0 Å². The van der Waals surface area contributed by atoms with Crippen molar-refractivity contribution >= 4 is 11.9 Å². The highest BCUT2D eigenvalue weighted by molar-refractivity contribution is 5.87. The molecule has 0 heterocycles. The molecule has 7 nitrogen and oxygen atoms in total. The molecule has 1 amide bonds. The number of carboxylic acids is 1. The monoisotopic (exact) mass is 205 g/mol. The molecule has 0 aromatic heterocycles. The Morgan fingerprint density at radius 3 is 2.29 bits per heavy atom. The lowest BCUT2D eigenvalue weighted by molar-refractivity contribution is -0.144. The number of carbonyl (C=O) groups excluding carboxylic acids is 1. The fourth-order valence-corrected chi connectivity index (χ4v) is 0.756. The van der Waals surface area contributed by atoms with Crippen molar-refractivity contribution in [2.45, 2.75) is 25.1 Å². The van der Waals surface area contributed by atoms with E-state index in [1.54, 1.807) is 0 Å². The van der Waals surface area contributed by atoms with E-state index < -0.39 is 30.1 Å². The molecule has 0 saturated heterocycles. The predicted octanol–water partition coefficient (Wildman–Crippen LogP) is -2.78. The maximum Gasteiger partial charge on any atom is 0.328 e. The molecular weight excluding hydrogens is 190 g/mol. The smallest absolute Gasteiger partial charge is 0.328 e. The summed E-state index contributed by atoms with van der Waals surface area (Å²) < 4.78 is 0. The van der Waals surface area contributed by atoms with Crippen LogP contribution in [0.5, 0.6) is 0 Å². The second-order valence-electron chi connectivity index (χ2n) is 2.91. The number of nitrogens with two attached hydrogens (primary N) is 2. The minimum absolute atomic E-state index is 0.0853. The van der Waals surface area contributed by atoms with Gasteiger partial charge in [-0.05, 0) is 6.92 Å². The summed E-state index contributed by atoms with van der Waals surface area (Å²) >= 11 is 0. The molecule has 0 spiro atoms. The van der Waals surface area contributed by atoms with Gasteiger partial charge in [-0.1, -0.05) is 0 Å². The SMILES string of the molecule is C[C@@H](O)[C@H](NC(=O)[C@@H](N)CN)C(=O)O. The van der Waals surface area contributed by atoms with Crippen molar-refractivity contribution in [3.05, 3.63) is 0 Å². The van der Waals surface area contributed by atoms with Gasteiger partial charge in [0.2, 0.25) is 5.91 Å². The van der Waals surface area contributed by atoms with E-state index >= 15 is 0 Å². The van der Waals surface area contributed by atoms with Crippen molar-refractivity contribution < 1.29 is 19.8 Å². The number of aliphatic carboxylic acids is 1. The van der Waals surface area contributed by atoms with Crippen LogP contribution in [-0.4, -0.2) is 46.8 Å². The molecule has 7 heteroatoms. The van der Waals surface area contributed by atoms with E-state index in [1.807, 2.05) is 0 Å². The molecule has 0 aliphatic rings. The van der Waals surface area contributed by atoms with Crippen LogP contribution in [0.3, 0.4) is 0 Å². The van der Waals surface area contributed by atoms with Crippen molar-refractivity contribution in [1.82, 2.24) is 5.32 Å². The van der Waals surface area contributed by atoms with Gasteiger partial charge in [-0.3, -0.25) is 4.79 Å². The van der Waals surface area contributed by atoms with Gasteiger partial charge in [-0.25, -0.2) is 4.79 Å². The van der Waals surface area contributed by atoms with Crippen LogP contribution in [0.15, 0.2) is 0 Å². The van der Waals surface area contributed by atoms with Gasteiger partial charge in [0.05, 0.1) is 12.1 Å². The highest BCUT2D eigenvalue weighted by Crippen LogP contribution is 1.93. The molecule has 0 fully saturated rings. The number of hydrogen-bond acceptors (Lipinski definition) is 5. The maximum absolute atomic E-state index is 11.1. The Hall–Kier alpha value is -1.18. The number of nitrogens with one attached hydrogen (secondary N) is 1. The van der Waals surface area contributed by atoms with E-state index in [-0.39, 0.29) is 6.54 Å². The first kappa shape index (κ1) is 12.8. The van der Waals surface area contributed by atoms with E-state index in [2.05, 4.69) is 5.32 Å². The minimum Gasteiger partial charge on any atom is -0.480 e. The summed E-state index contributed by atoms with van der Waals surface area (Å²) in [5.41, 5.74) is 10.4. The highest BCUT2D eigenvalue weighted by Gasteiger charge is 2.26. The van der Waals surface area contributed by atoms with Crippen LogP contribution in [0.2, 0.25) is 0 Å². The molecule has 14 heavy (non-hydrogen) atoms. The maximum atomic E-state index is 11.1. The summed E-state index contributed by atoms with van der Waals surface area (Å²) in [5.74, 6) is -2.02. The van der Waals surface area contributed by atoms with E-state index in [1.165, 1.54) is 6.92 Å². The lowest BCUT2D eigenvalue weighted by Gasteiger charge is -2.18. The lowest BCUT2D eigenvalue weighted by Crippen LogP contribution is -2.54. The Morgan fingerprint density at radius 1 is 1.50 bits per heavy atom. The van der Waals surface area contributed by atoms with Gasteiger partial charge >= 0.3 is 5.97 Å². The van der Waals surface area contributed by atoms with Gasteiger partial charge < -0.3 is 27.0 Å². The topological polar surface area (TPSA) is 139 Å². The average Bonchev–Trinajstić information content (AvgIpc) is 2.11.